The Labute approximate surface area is 159 Å². The summed E-state index contributed by atoms with van der Waals surface area (Å²) in [7, 11) is -3.17. The van der Waals surface area contributed by atoms with Crippen molar-refractivity contribution in [1.82, 2.24) is 0 Å². The molecular weight excluding hydrogens is 396 g/mol. The van der Waals surface area contributed by atoms with E-state index < -0.39 is 21.7 Å². The lowest BCUT2D eigenvalue weighted by Crippen LogP contribution is -2.37. The van der Waals surface area contributed by atoms with Crippen molar-refractivity contribution in [3.05, 3.63) is 18.2 Å². The van der Waals surface area contributed by atoms with Gasteiger partial charge in [-0.1, -0.05) is 11.8 Å². The summed E-state index contributed by atoms with van der Waals surface area (Å²) >= 11 is 1.24. The van der Waals surface area contributed by atoms with Gasteiger partial charge in [0.15, 0.2) is 26.5 Å². The Kier molecular flexibility index (Phi) is 4.50. The number of benzene rings is 1. The molecule has 1 aromatic rings. The van der Waals surface area contributed by atoms with Crippen molar-refractivity contribution in [2.75, 3.05) is 23.2 Å². The summed E-state index contributed by atoms with van der Waals surface area (Å²) in [4.78, 5) is 28.5. The maximum absolute atomic E-state index is 12.1. The SMILES string of the molecule is O=C(O)CCC(=O)N=C1S[C@H]2CS(=O)(=O)C[C@H]2N1c1ccc2c(c1)OCO2. The average Bonchev–Trinajstić information content (AvgIpc) is 3.24. The minimum absolute atomic E-state index is 0.0196. The van der Waals surface area contributed by atoms with Crippen molar-refractivity contribution in [2.24, 2.45) is 4.99 Å². The topological polar surface area (TPSA) is 123 Å². The molecule has 3 heterocycles. The Balaban J connectivity index is 1.66. The highest BCUT2D eigenvalue weighted by atomic mass is 32.2. The minimum atomic E-state index is -3.17. The molecule has 3 aliphatic heterocycles. The zero-order valence-corrected chi connectivity index (χ0v) is 15.7. The monoisotopic (exact) mass is 412 g/mol. The number of hydrogen-bond acceptors (Lipinski definition) is 7. The third-order valence-electron chi connectivity index (χ3n) is 4.47. The first kappa shape index (κ1) is 18.1. The molecule has 9 nitrogen and oxygen atoms in total. The van der Waals surface area contributed by atoms with Crippen LogP contribution in [-0.4, -0.2) is 60.2 Å². The lowest BCUT2D eigenvalue weighted by molar-refractivity contribution is -0.138. The summed E-state index contributed by atoms with van der Waals surface area (Å²) < 4.78 is 34.8. The van der Waals surface area contributed by atoms with Crippen LogP contribution in [0.3, 0.4) is 0 Å². The number of fused-ring (bicyclic) bond motifs is 2. The van der Waals surface area contributed by atoms with E-state index in [1.165, 1.54) is 11.8 Å². The van der Waals surface area contributed by atoms with Crippen LogP contribution >= 0.6 is 11.8 Å². The van der Waals surface area contributed by atoms with Crippen LogP contribution in [0.2, 0.25) is 0 Å². The maximum atomic E-state index is 12.1. The van der Waals surface area contributed by atoms with Gasteiger partial charge in [0.05, 0.1) is 24.0 Å². The van der Waals surface area contributed by atoms with Gasteiger partial charge in [-0.25, -0.2) is 8.42 Å². The number of aliphatic imine (C=N–C) groups is 1. The molecule has 0 aliphatic carbocycles. The highest BCUT2D eigenvalue weighted by Gasteiger charge is 2.49. The van der Waals surface area contributed by atoms with Crippen molar-refractivity contribution >= 4 is 44.3 Å². The summed E-state index contributed by atoms with van der Waals surface area (Å²) in [5.41, 5.74) is 0.654. The molecule has 27 heavy (non-hydrogen) atoms. The van der Waals surface area contributed by atoms with Crippen LogP contribution in [-0.2, 0) is 19.4 Å². The van der Waals surface area contributed by atoms with Crippen LogP contribution in [0.15, 0.2) is 23.2 Å². The Morgan fingerprint density at radius 1 is 1.22 bits per heavy atom. The summed E-state index contributed by atoms with van der Waals surface area (Å²) in [5, 5.41) is 8.88. The molecule has 1 N–H and O–H groups in total. The number of thioether (sulfide) groups is 1. The van der Waals surface area contributed by atoms with Crippen LogP contribution < -0.4 is 14.4 Å². The molecule has 1 aromatic carbocycles. The highest BCUT2D eigenvalue weighted by Crippen LogP contribution is 2.43. The van der Waals surface area contributed by atoms with Crippen LogP contribution in [0.5, 0.6) is 11.5 Å². The zero-order chi connectivity index (χ0) is 19.2. The molecular formula is C16H16N2O7S2. The van der Waals surface area contributed by atoms with E-state index >= 15 is 0 Å². The average molecular weight is 412 g/mol. The van der Waals surface area contributed by atoms with Crippen molar-refractivity contribution < 1.29 is 32.6 Å². The number of amides is 1. The number of carbonyl (C=O) groups is 2. The molecule has 0 radical (unpaired) electrons. The molecule has 4 rings (SSSR count). The number of amidine groups is 1. The van der Waals surface area contributed by atoms with Crippen LogP contribution in [0.25, 0.3) is 0 Å². The van der Waals surface area contributed by atoms with E-state index in [0.717, 1.165) is 0 Å². The second kappa shape index (κ2) is 6.71. The number of carboxylic acids is 1. The van der Waals surface area contributed by atoms with Crippen molar-refractivity contribution in [2.45, 2.75) is 24.1 Å². The summed E-state index contributed by atoms with van der Waals surface area (Å²) in [6.07, 6.45) is -0.506. The molecule has 0 unspecified atom stereocenters. The fourth-order valence-electron chi connectivity index (χ4n) is 3.28. The van der Waals surface area contributed by atoms with Gasteiger partial charge in [-0.2, -0.15) is 4.99 Å². The number of rotatable bonds is 4. The summed E-state index contributed by atoms with van der Waals surface area (Å²) in [6, 6.07) is 4.88. The number of sulfone groups is 1. The normalized spacial score (nSPS) is 26.4. The molecule has 2 fully saturated rings. The molecule has 1 amide bonds. The molecule has 3 aliphatic rings. The Morgan fingerprint density at radius 2 is 2.00 bits per heavy atom. The number of nitrogens with zero attached hydrogens (tertiary/aromatic N) is 2. The van der Waals surface area contributed by atoms with Gasteiger partial charge in [-0.15, -0.1) is 0 Å². The first-order valence-electron chi connectivity index (χ1n) is 8.22. The van der Waals surface area contributed by atoms with Gasteiger partial charge < -0.3 is 19.5 Å². The number of aliphatic carboxylic acids is 1. The standard InChI is InChI=1S/C16H16N2O7S2/c19-14(3-4-15(20)21)17-16-18(10-6-27(22,23)7-13(10)26-16)9-1-2-11-12(5-9)25-8-24-11/h1-2,5,10,13H,3-4,6-8H2,(H,20,21)/t10-,13+/m1/s1. The zero-order valence-electron chi connectivity index (χ0n) is 14.0. The van der Waals surface area contributed by atoms with Gasteiger partial charge in [0.25, 0.3) is 0 Å². The fraction of sp³-hybridized carbons (Fsp3) is 0.438. The molecule has 0 spiro atoms. The van der Waals surface area contributed by atoms with E-state index in [0.29, 0.717) is 22.4 Å². The minimum Gasteiger partial charge on any atom is -0.481 e. The first-order valence-corrected chi connectivity index (χ1v) is 10.9. The van der Waals surface area contributed by atoms with E-state index in [4.69, 9.17) is 14.6 Å². The molecule has 0 saturated carbocycles. The van der Waals surface area contributed by atoms with E-state index in [-0.39, 0.29) is 42.4 Å². The van der Waals surface area contributed by atoms with Crippen LogP contribution in [0.4, 0.5) is 5.69 Å². The van der Waals surface area contributed by atoms with Crippen LogP contribution in [0.1, 0.15) is 12.8 Å². The second-order valence-corrected chi connectivity index (χ2v) is 9.75. The number of anilines is 1. The number of hydrogen-bond donors (Lipinski definition) is 1. The van der Waals surface area contributed by atoms with E-state index in [2.05, 4.69) is 4.99 Å². The third-order valence-corrected chi connectivity index (χ3v) is 7.68. The molecule has 0 aromatic heterocycles. The van der Waals surface area contributed by atoms with E-state index in [1.54, 1.807) is 23.1 Å². The van der Waals surface area contributed by atoms with Gasteiger partial charge in [0.2, 0.25) is 12.7 Å². The molecule has 2 saturated heterocycles. The smallest absolute Gasteiger partial charge is 0.303 e. The molecule has 144 valence electrons. The fourth-order valence-corrected chi connectivity index (χ4v) is 7.21. The first-order chi connectivity index (χ1) is 12.8. The lowest BCUT2D eigenvalue weighted by Gasteiger charge is -2.24. The van der Waals surface area contributed by atoms with E-state index in [9.17, 15) is 18.0 Å². The van der Waals surface area contributed by atoms with Crippen LogP contribution in [0, 0.1) is 0 Å². The Hall–Kier alpha value is -2.27. The second-order valence-electron chi connectivity index (χ2n) is 6.39. The Bertz CT molecular complexity index is 944. The van der Waals surface area contributed by atoms with Crippen molar-refractivity contribution in [1.29, 1.82) is 0 Å². The van der Waals surface area contributed by atoms with Gasteiger partial charge in [-0.05, 0) is 12.1 Å². The largest absolute Gasteiger partial charge is 0.481 e. The maximum Gasteiger partial charge on any atom is 0.303 e. The summed E-state index contributed by atoms with van der Waals surface area (Å²) in [6.45, 7) is 0.114. The highest BCUT2D eigenvalue weighted by molar-refractivity contribution is 8.16. The molecule has 0 bridgehead atoms. The third kappa shape index (κ3) is 3.61. The molecule has 2 atom stereocenters. The number of carboxylic acid groups (broad SMARTS) is 1. The predicted octanol–water partition coefficient (Wildman–Crippen LogP) is 0.881. The molecule has 11 heteroatoms. The summed E-state index contributed by atoms with van der Waals surface area (Å²) in [5.74, 6) is -0.491. The number of carbonyl (C=O) groups excluding carboxylic acids is 1. The van der Waals surface area contributed by atoms with Gasteiger partial charge in [0.1, 0.15) is 0 Å². The Morgan fingerprint density at radius 3 is 2.78 bits per heavy atom. The predicted molar refractivity (Wildman–Crippen MR) is 98.2 cm³/mol. The quantitative estimate of drug-likeness (QED) is 0.768. The number of ether oxygens (including phenoxy) is 2. The van der Waals surface area contributed by atoms with Gasteiger partial charge in [-0.3, -0.25) is 9.59 Å². The van der Waals surface area contributed by atoms with E-state index in [1.807, 2.05) is 0 Å². The van der Waals surface area contributed by atoms with Crippen molar-refractivity contribution in [3.8, 4) is 11.5 Å². The van der Waals surface area contributed by atoms with Crippen molar-refractivity contribution in [3.63, 3.8) is 0 Å². The van der Waals surface area contributed by atoms with Gasteiger partial charge in [0, 0.05) is 23.4 Å². The lowest BCUT2D eigenvalue weighted by atomic mass is 10.2. The van der Waals surface area contributed by atoms with Gasteiger partial charge >= 0.3 is 5.97 Å².